The molecule has 0 saturated heterocycles. The van der Waals surface area contributed by atoms with Crippen molar-refractivity contribution < 1.29 is 18.3 Å². The summed E-state index contributed by atoms with van der Waals surface area (Å²) in [5, 5.41) is 14.9. The number of hydrogen-bond donors (Lipinski definition) is 2. The third-order valence-corrected chi connectivity index (χ3v) is 5.00. The van der Waals surface area contributed by atoms with Gasteiger partial charge in [0.1, 0.15) is 17.3 Å². The van der Waals surface area contributed by atoms with Crippen LogP contribution in [0, 0.1) is 0 Å². The number of ether oxygens (including phenoxy) is 2. The number of aryl methyl sites for hydroxylation is 1. The first-order chi connectivity index (χ1) is 15.1. The second-order valence-corrected chi connectivity index (χ2v) is 7.27. The number of halogens is 2. The molecular formula is C21H30F2N6O2. The Morgan fingerprint density at radius 2 is 2.03 bits per heavy atom. The van der Waals surface area contributed by atoms with Crippen LogP contribution < -0.4 is 20.1 Å². The lowest BCUT2D eigenvalue weighted by Crippen LogP contribution is -2.37. The minimum Gasteiger partial charge on any atom is -0.493 e. The zero-order chi connectivity index (χ0) is 22.1. The molecule has 0 fully saturated rings. The van der Waals surface area contributed by atoms with Crippen molar-refractivity contribution in [1.82, 2.24) is 25.4 Å². The third kappa shape index (κ3) is 6.53. The maximum absolute atomic E-state index is 12.9. The number of aromatic nitrogens is 3. The van der Waals surface area contributed by atoms with Crippen molar-refractivity contribution in [3.05, 3.63) is 35.4 Å². The van der Waals surface area contributed by atoms with Crippen LogP contribution in [0.1, 0.15) is 49.8 Å². The number of nitrogens with one attached hydrogen (secondary N) is 2. The second kappa shape index (κ2) is 11.5. The molecule has 2 heterocycles. The fourth-order valence-electron chi connectivity index (χ4n) is 3.43. The van der Waals surface area contributed by atoms with E-state index in [-0.39, 0.29) is 12.3 Å². The fourth-order valence-corrected chi connectivity index (χ4v) is 3.43. The predicted molar refractivity (Wildman–Crippen MR) is 113 cm³/mol. The van der Waals surface area contributed by atoms with Crippen molar-refractivity contribution in [3.63, 3.8) is 0 Å². The van der Waals surface area contributed by atoms with Gasteiger partial charge < -0.3 is 24.7 Å². The molecule has 1 aliphatic rings. The standard InChI is InChI=1S/C21H30F2N6O2/c1-3-11-30-16-9-8-15(17(12-16)31-20(22)23)13-25-21(24-2)26-14-19-28-27-18-7-5-4-6-10-29(18)19/h8-9,12,20H,3-7,10-11,13-14H2,1-2H3,(H2,24,25,26). The molecule has 31 heavy (non-hydrogen) atoms. The first-order valence-corrected chi connectivity index (χ1v) is 10.7. The number of guanidine groups is 1. The summed E-state index contributed by atoms with van der Waals surface area (Å²) in [6.45, 7) is 1.22. The number of benzene rings is 1. The van der Waals surface area contributed by atoms with Crippen LogP contribution in [0.5, 0.6) is 11.5 Å². The van der Waals surface area contributed by atoms with Crippen LogP contribution in [0.3, 0.4) is 0 Å². The second-order valence-electron chi connectivity index (χ2n) is 7.27. The number of alkyl halides is 2. The van der Waals surface area contributed by atoms with Crippen molar-refractivity contribution in [1.29, 1.82) is 0 Å². The number of rotatable bonds is 9. The Hall–Kier alpha value is -2.91. The van der Waals surface area contributed by atoms with Gasteiger partial charge in [-0.15, -0.1) is 10.2 Å². The number of aliphatic imine (C=N–C) groups is 1. The average Bonchev–Trinajstić information content (AvgIpc) is 2.99. The van der Waals surface area contributed by atoms with Crippen molar-refractivity contribution in [3.8, 4) is 11.5 Å². The molecule has 0 bridgehead atoms. The summed E-state index contributed by atoms with van der Waals surface area (Å²) < 4.78 is 38.1. The number of fused-ring (bicyclic) bond motifs is 1. The van der Waals surface area contributed by atoms with Gasteiger partial charge in [0.2, 0.25) is 0 Å². The Balaban J connectivity index is 1.60. The zero-order valence-electron chi connectivity index (χ0n) is 18.0. The predicted octanol–water partition coefficient (Wildman–Crippen LogP) is 3.26. The summed E-state index contributed by atoms with van der Waals surface area (Å²) in [4.78, 5) is 4.21. The number of hydrogen-bond acceptors (Lipinski definition) is 5. The molecule has 1 aliphatic heterocycles. The summed E-state index contributed by atoms with van der Waals surface area (Å²) in [6.07, 6.45) is 5.23. The molecule has 2 N–H and O–H groups in total. The van der Waals surface area contributed by atoms with Crippen LogP contribution in [0.15, 0.2) is 23.2 Å². The van der Waals surface area contributed by atoms with Crippen LogP contribution in [0.25, 0.3) is 0 Å². The van der Waals surface area contributed by atoms with Gasteiger partial charge in [-0.3, -0.25) is 4.99 Å². The van der Waals surface area contributed by atoms with Gasteiger partial charge in [0.05, 0.1) is 13.2 Å². The highest BCUT2D eigenvalue weighted by Gasteiger charge is 2.15. The first-order valence-electron chi connectivity index (χ1n) is 10.7. The molecule has 0 aliphatic carbocycles. The van der Waals surface area contributed by atoms with Crippen molar-refractivity contribution in [2.45, 2.75) is 65.3 Å². The van der Waals surface area contributed by atoms with E-state index in [0.717, 1.165) is 43.9 Å². The molecule has 8 nitrogen and oxygen atoms in total. The molecule has 1 aromatic heterocycles. The molecule has 0 spiro atoms. The normalized spacial score (nSPS) is 14.2. The van der Waals surface area contributed by atoms with E-state index in [2.05, 4.69) is 35.1 Å². The lowest BCUT2D eigenvalue weighted by molar-refractivity contribution is -0.0505. The van der Waals surface area contributed by atoms with Crippen molar-refractivity contribution in [2.24, 2.45) is 4.99 Å². The highest BCUT2D eigenvalue weighted by molar-refractivity contribution is 5.79. The molecule has 0 unspecified atom stereocenters. The first kappa shape index (κ1) is 22.8. The van der Waals surface area contributed by atoms with E-state index in [0.29, 0.717) is 30.4 Å². The minimum absolute atomic E-state index is 0.0781. The fraction of sp³-hybridized carbons (Fsp3) is 0.571. The zero-order valence-corrected chi connectivity index (χ0v) is 18.0. The van der Waals surface area contributed by atoms with Crippen LogP contribution in [-0.4, -0.2) is 41.0 Å². The molecule has 2 aromatic rings. The van der Waals surface area contributed by atoms with E-state index in [1.54, 1.807) is 19.2 Å². The van der Waals surface area contributed by atoms with Gasteiger partial charge in [-0.1, -0.05) is 13.3 Å². The molecule has 0 radical (unpaired) electrons. The van der Waals surface area contributed by atoms with Gasteiger partial charge in [-0.05, 0) is 31.4 Å². The number of nitrogens with zero attached hydrogens (tertiary/aromatic N) is 4. The van der Waals surface area contributed by atoms with E-state index in [1.807, 2.05) is 6.92 Å². The molecule has 170 valence electrons. The van der Waals surface area contributed by atoms with Crippen LogP contribution in [0.4, 0.5) is 8.78 Å². The summed E-state index contributed by atoms with van der Waals surface area (Å²) in [5.41, 5.74) is 0.573. The van der Waals surface area contributed by atoms with Crippen LogP contribution in [0.2, 0.25) is 0 Å². The summed E-state index contributed by atoms with van der Waals surface area (Å²) in [5.74, 6) is 2.99. The van der Waals surface area contributed by atoms with Gasteiger partial charge >= 0.3 is 6.61 Å². The maximum atomic E-state index is 12.9. The highest BCUT2D eigenvalue weighted by Crippen LogP contribution is 2.26. The molecule has 0 amide bonds. The largest absolute Gasteiger partial charge is 0.493 e. The smallest absolute Gasteiger partial charge is 0.387 e. The van der Waals surface area contributed by atoms with Gasteiger partial charge in [0.25, 0.3) is 0 Å². The highest BCUT2D eigenvalue weighted by atomic mass is 19.3. The Morgan fingerprint density at radius 3 is 2.81 bits per heavy atom. The quantitative estimate of drug-likeness (QED) is 0.464. The van der Waals surface area contributed by atoms with Gasteiger partial charge in [0.15, 0.2) is 11.8 Å². The summed E-state index contributed by atoms with van der Waals surface area (Å²) >= 11 is 0. The van der Waals surface area contributed by atoms with Crippen LogP contribution in [-0.2, 0) is 26.1 Å². The lowest BCUT2D eigenvalue weighted by Gasteiger charge is -2.16. The summed E-state index contributed by atoms with van der Waals surface area (Å²) in [7, 11) is 1.65. The van der Waals surface area contributed by atoms with Gasteiger partial charge in [-0.2, -0.15) is 8.78 Å². The Labute approximate surface area is 181 Å². The summed E-state index contributed by atoms with van der Waals surface area (Å²) in [6, 6.07) is 4.94. The van der Waals surface area contributed by atoms with E-state index in [4.69, 9.17) is 4.74 Å². The molecule has 3 rings (SSSR count). The Bertz CT molecular complexity index is 872. The van der Waals surface area contributed by atoms with Crippen molar-refractivity contribution >= 4 is 5.96 Å². The SMILES string of the molecule is CCCOc1ccc(CNC(=NC)NCc2nnc3n2CCCCC3)c(OC(F)F)c1. The molecule has 0 saturated carbocycles. The molecule has 10 heteroatoms. The Morgan fingerprint density at radius 1 is 1.19 bits per heavy atom. The van der Waals surface area contributed by atoms with E-state index < -0.39 is 6.61 Å². The minimum atomic E-state index is -2.92. The van der Waals surface area contributed by atoms with E-state index in [1.165, 1.54) is 12.5 Å². The monoisotopic (exact) mass is 436 g/mol. The van der Waals surface area contributed by atoms with E-state index >= 15 is 0 Å². The molecule has 0 atom stereocenters. The van der Waals surface area contributed by atoms with Gasteiger partial charge in [0, 0.05) is 38.2 Å². The Kier molecular flexibility index (Phi) is 8.43. The average molecular weight is 437 g/mol. The maximum Gasteiger partial charge on any atom is 0.387 e. The van der Waals surface area contributed by atoms with E-state index in [9.17, 15) is 8.78 Å². The van der Waals surface area contributed by atoms with Gasteiger partial charge in [-0.25, -0.2) is 0 Å². The lowest BCUT2D eigenvalue weighted by atomic mass is 10.2. The molecule has 1 aromatic carbocycles. The third-order valence-electron chi connectivity index (χ3n) is 5.00. The molecular weight excluding hydrogens is 406 g/mol. The van der Waals surface area contributed by atoms with Crippen molar-refractivity contribution in [2.75, 3.05) is 13.7 Å². The van der Waals surface area contributed by atoms with Crippen LogP contribution >= 0.6 is 0 Å². The topological polar surface area (TPSA) is 85.6 Å².